The van der Waals surface area contributed by atoms with Crippen molar-refractivity contribution < 1.29 is 9.59 Å². The number of amides is 3. The second-order valence-electron chi connectivity index (χ2n) is 7.79. The fourth-order valence-corrected chi connectivity index (χ4v) is 3.32. The number of urea groups is 1. The molecule has 4 rings (SSSR count). The van der Waals surface area contributed by atoms with E-state index in [9.17, 15) is 9.59 Å². The number of nitrogens with zero attached hydrogens (tertiary/aromatic N) is 4. The summed E-state index contributed by atoms with van der Waals surface area (Å²) in [5.74, 6) is 0.242. The number of anilines is 3. The zero-order valence-corrected chi connectivity index (χ0v) is 18.7. The number of pyridine rings is 1. The molecule has 3 N–H and O–H groups in total. The highest BCUT2D eigenvalue weighted by Crippen LogP contribution is 2.21. The summed E-state index contributed by atoms with van der Waals surface area (Å²) in [7, 11) is 5.26. The molecule has 4 aromatic rings. The van der Waals surface area contributed by atoms with E-state index >= 15 is 0 Å². The molecule has 0 saturated carbocycles. The van der Waals surface area contributed by atoms with Gasteiger partial charge < -0.3 is 20.1 Å². The number of imidazole rings is 1. The van der Waals surface area contributed by atoms with Crippen LogP contribution < -0.4 is 16.0 Å². The first-order chi connectivity index (χ1) is 15.9. The molecule has 2 aromatic heterocycles. The van der Waals surface area contributed by atoms with Gasteiger partial charge in [-0.05, 0) is 48.0 Å². The third kappa shape index (κ3) is 5.09. The number of hydrogen-bond donors (Lipinski definition) is 3. The number of hydrogen-bond acceptors (Lipinski definition) is 5. The Morgan fingerprint density at radius 3 is 2.64 bits per heavy atom. The summed E-state index contributed by atoms with van der Waals surface area (Å²) < 4.78 is 1.93. The van der Waals surface area contributed by atoms with E-state index in [4.69, 9.17) is 0 Å². The van der Waals surface area contributed by atoms with E-state index in [1.54, 1.807) is 38.8 Å². The van der Waals surface area contributed by atoms with Gasteiger partial charge in [0.2, 0.25) is 0 Å². The van der Waals surface area contributed by atoms with Gasteiger partial charge in [0.25, 0.3) is 5.91 Å². The number of carbonyl (C=O) groups excluding carboxylic acids is 2. The molecule has 0 aliphatic heterocycles. The van der Waals surface area contributed by atoms with E-state index in [1.165, 1.54) is 4.90 Å². The van der Waals surface area contributed by atoms with Crippen molar-refractivity contribution in [3.8, 4) is 0 Å². The quantitative estimate of drug-likeness (QED) is 0.419. The Morgan fingerprint density at radius 2 is 1.82 bits per heavy atom. The Hall–Kier alpha value is -4.40. The minimum absolute atomic E-state index is 0.220. The van der Waals surface area contributed by atoms with Crippen LogP contribution in [0.2, 0.25) is 0 Å². The Balaban J connectivity index is 1.46. The Kier molecular flexibility index (Phi) is 6.21. The molecular formula is C24H25N7O2. The standard InChI is InChI=1S/C24H25N7O2/c1-30(2)24(33)29-22-12-16(10-11-25-22)14-26-19-7-5-4-6-18(19)23(32)28-17-8-9-21-20(13-17)27-15-31(21)3/h4-13,15,26H,14H2,1-3H3,(H,28,32)(H,25,29,33). The second-order valence-corrected chi connectivity index (χ2v) is 7.79. The van der Waals surface area contributed by atoms with Crippen molar-refractivity contribution in [2.24, 2.45) is 7.05 Å². The van der Waals surface area contributed by atoms with Crippen molar-refractivity contribution in [1.29, 1.82) is 0 Å². The molecular weight excluding hydrogens is 418 g/mol. The third-order valence-corrected chi connectivity index (χ3v) is 5.10. The largest absolute Gasteiger partial charge is 0.380 e. The van der Waals surface area contributed by atoms with Crippen LogP contribution in [-0.2, 0) is 13.6 Å². The molecule has 2 heterocycles. The first kappa shape index (κ1) is 21.8. The SMILES string of the molecule is CN(C)C(=O)Nc1cc(CNc2ccccc2C(=O)Nc2ccc3c(c2)ncn3C)ccn1. The fraction of sp³-hybridized carbons (Fsp3) is 0.167. The molecule has 0 fully saturated rings. The van der Waals surface area contributed by atoms with Gasteiger partial charge in [-0.25, -0.2) is 14.8 Å². The molecule has 0 aliphatic rings. The molecule has 0 spiro atoms. The van der Waals surface area contributed by atoms with E-state index in [0.29, 0.717) is 29.3 Å². The normalized spacial score (nSPS) is 10.6. The molecule has 0 atom stereocenters. The second kappa shape index (κ2) is 9.39. The van der Waals surface area contributed by atoms with E-state index in [1.807, 2.05) is 54.1 Å². The Bertz CT molecular complexity index is 1310. The van der Waals surface area contributed by atoms with Crippen molar-refractivity contribution in [1.82, 2.24) is 19.4 Å². The minimum atomic E-state index is -0.251. The lowest BCUT2D eigenvalue weighted by Gasteiger charge is -2.14. The average Bonchev–Trinajstić information content (AvgIpc) is 3.18. The van der Waals surface area contributed by atoms with Crippen molar-refractivity contribution in [3.05, 3.63) is 78.2 Å². The molecule has 33 heavy (non-hydrogen) atoms. The average molecular weight is 444 g/mol. The van der Waals surface area contributed by atoms with E-state index in [-0.39, 0.29) is 11.9 Å². The highest BCUT2D eigenvalue weighted by atomic mass is 16.2. The number of rotatable bonds is 6. The van der Waals surface area contributed by atoms with Crippen molar-refractivity contribution >= 4 is 40.2 Å². The number of para-hydroxylation sites is 1. The Morgan fingerprint density at radius 1 is 1.00 bits per heavy atom. The summed E-state index contributed by atoms with van der Waals surface area (Å²) in [5.41, 5.74) is 4.62. The minimum Gasteiger partial charge on any atom is -0.380 e. The number of nitrogens with one attached hydrogen (secondary N) is 3. The molecule has 0 aliphatic carbocycles. The van der Waals surface area contributed by atoms with Crippen LogP contribution in [0.25, 0.3) is 11.0 Å². The predicted molar refractivity (Wildman–Crippen MR) is 129 cm³/mol. The van der Waals surface area contributed by atoms with Crippen LogP contribution in [0.5, 0.6) is 0 Å². The molecule has 0 saturated heterocycles. The van der Waals surface area contributed by atoms with Gasteiger partial charge in [0.1, 0.15) is 5.82 Å². The molecule has 168 valence electrons. The van der Waals surface area contributed by atoms with Crippen LogP contribution in [0.15, 0.2) is 67.1 Å². The van der Waals surface area contributed by atoms with Crippen molar-refractivity contribution in [3.63, 3.8) is 0 Å². The summed E-state index contributed by atoms with van der Waals surface area (Å²) in [6.45, 7) is 0.456. The summed E-state index contributed by atoms with van der Waals surface area (Å²) in [5, 5.41) is 8.98. The zero-order chi connectivity index (χ0) is 23.4. The summed E-state index contributed by atoms with van der Waals surface area (Å²) in [6, 6.07) is 16.3. The predicted octanol–water partition coefficient (Wildman–Crippen LogP) is 3.93. The number of benzene rings is 2. The topological polar surface area (TPSA) is 104 Å². The third-order valence-electron chi connectivity index (χ3n) is 5.10. The number of aromatic nitrogens is 3. The van der Waals surface area contributed by atoms with Gasteiger partial charge in [-0.1, -0.05) is 12.1 Å². The first-order valence-electron chi connectivity index (χ1n) is 10.4. The van der Waals surface area contributed by atoms with Gasteiger partial charge in [0.15, 0.2) is 0 Å². The van der Waals surface area contributed by atoms with Crippen LogP contribution in [0, 0.1) is 0 Å². The smallest absolute Gasteiger partial charge is 0.322 e. The van der Waals surface area contributed by atoms with Crippen LogP contribution >= 0.6 is 0 Å². The van der Waals surface area contributed by atoms with E-state index in [2.05, 4.69) is 25.9 Å². The maximum atomic E-state index is 13.0. The maximum absolute atomic E-state index is 13.0. The summed E-state index contributed by atoms with van der Waals surface area (Å²) in [6.07, 6.45) is 3.38. The van der Waals surface area contributed by atoms with Gasteiger partial charge in [-0.15, -0.1) is 0 Å². The van der Waals surface area contributed by atoms with Crippen LogP contribution in [0.3, 0.4) is 0 Å². The molecule has 0 bridgehead atoms. The van der Waals surface area contributed by atoms with Crippen molar-refractivity contribution in [2.45, 2.75) is 6.54 Å². The van der Waals surface area contributed by atoms with Crippen LogP contribution in [-0.4, -0.2) is 45.5 Å². The summed E-state index contributed by atoms with van der Waals surface area (Å²) in [4.78, 5) is 34.8. The number of fused-ring (bicyclic) bond motifs is 1. The molecule has 0 radical (unpaired) electrons. The van der Waals surface area contributed by atoms with Gasteiger partial charge in [-0.2, -0.15) is 0 Å². The number of carbonyl (C=O) groups is 2. The van der Waals surface area contributed by atoms with Crippen LogP contribution in [0.4, 0.5) is 22.0 Å². The van der Waals surface area contributed by atoms with Gasteiger partial charge in [0, 0.05) is 45.3 Å². The number of aryl methyl sites for hydroxylation is 1. The van der Waals surface area contributed by atoms with E-state index < -0.39 is 0 Å². The first-order valence-corrected chi connectivity index (χ1v) is 10.4. The highest BCUT2D eigenvalue weighted by Gasteiger charge is 2.12. The maximum Gasteiger partial charge on any atom is 0.322 e. The molecule has 0 unspecified atom stereocenters. The lowest BCUT2D eigenvalue weighted by molar-refractivity contribution is 0.102. The zero-order valence-electron chi connectivity index (χ0n) is 18.7. The Labute approximate surface area is 191 Å². The monoisotopic (exact) mass is 443 g/mol. The molecule has 9 heteroatoms. The van der Waals surface area contributed by atoms with Crippen molar-refractivity contribution in [2.75, 3.05) is 30.0 Å². The highest BCUT2D eigenvalue weighted by molar-refractivity contribution is 6.08. The summed E-state index contributed by atoms with van der Waals surface area (Å²) >= 11 is 0. The van der Waals surface area contributed by atoms with Gasteiger partial charge in [0.05, 0.1) is 22.9 Å². The van der Waals surface area contributed by atoms with Gasteiger partial charge >= 0.3 is 6.03 Å². The van der Waals surface area contributed by atoms with Crippen LogP contribution in [0.1, 0.15) is 15.9 Å². The van der Waals surface area contributed by atoms with Gasteiger partial charge in [-0.3, -0.25) is 10.1 Å². The lowest BCUT2D eigenvalue weighted by atomic mass is 10.1. The molecule has 9 nitrogen and oxygen atoms in total. The molecule has 2 aromatic carbocycles. The van der Waals surface area contributed by atoms with E-state index in [0.717, 1.165) is 16.6 Å². The molecule has 3 amide bonds. The lowest BCUT2D eigenvalue weighted by Crippen LogP contribution is -2.27. The fourth-order valence-electron chi connectivity index (χ4n) is 3.32.